The molecule has 2 fully saturated rings. The van der Waals surface area contributed by atoms with Crippen LogP contribution >= 0.6 is 12.2 Å². The van der Waals surface area contributed by atoms with Crippen LogP contribution in [-0.2, 0) is 6.54 Å². The van der Waals surface area contributed by atoms with Crippen LogP contribution in [0.25, 0.3) is 0 Å². The highest BCUT2D eigenvalue weighted by Gasteiger charge is 2.21. The van der Waals surface area contributed by atoms with E-state index in [1.165, 1.54) is 44.2 Å². The number of hydrogen-bond donors (Lipinski definition) is 2. The minimum Gasteiger partial charge on any atom is -0.358 e. The molecule has 6 nitrogen and oxygen atoms in total. The maximum Gasteiger partial charge on any atom is 0.232 e. The van der Waals surface area contributed by atoms with Crippen LogP contribution in [0.15, 0.2) is 30.3 Å². The molecule has 3 heterocycles. The van der Waals surface area contributed by atoms with E-state index in [-0.39, 0.29) is 5.82 Å². The number of piperidine rings is 2. The maximum absolute atomic E-state index is 13.1. The van der Waals surface area contributed by atoms with Gasteiger partial charge < -0.3 is 20.4 Å². The third kappa shape index (κ3) is 6.03. The molecule has 8 heteroatoms. The van der Waals surface area contributed by atoms with E-state index in [2.05, 4.69) is 33.4 Å². The lowest BCUT2D eigenvalue weighted by atomic mass is 9.99. The van der Waals surface area contributed by atoms with Crippen molar-refractivity contribution in [2.75, 3.05) is 41.3 Å². The zero-order chi connectivity index (χ0) is 21.6. The first-order valence-corrected chi connectivity index (χ1v) is 11.7. The summed E-state index contributed by atoms with van der Waals surface area (Å²) in [6, 6.07) is 8.51. The van der Waals surface area contributed by atoms with Crippen LogP contribution in [-0.4, -0.2) is 41.3 Å². The molecule has 2 N–H and O–H groups in total. The van der Waals surface area contributed by atoms with Crippen LogP contribution in [0.2, 0.25) is 0 Å². The summed E-state index contributed by atoms with van der Waals surface area (Å²) < 4.78 is 13.1. The number of halogens is 1. The Morgan fingerprint density at radius 3 is 2.26 bits per heavy atom. The van der Waals surface area contributed by atoms with Gasteiger partial charge in [0.15, 0.2) is 5.11 Å². The zero-order valence-electron chi connectivity index (χ0n) is 18.1. The molecule has 1 aromatic carbocycles. The Bertz CT molecular complexity index is 876. The lowest BCUT2D eigenvalue weighted by Gasteiger charge is -2.33. The average Bonchev–Trinajstić information content (AvgIpc) is 2.79. The van der Waals surface area contributed by atoms with Gasteiger partial charge in [0.1, 0.15) is 17.5 Å². The Kier molecular flexibility index (Phi) is 7.17. The van der Waals surface area contributed by atoms with Gasteiger partial charge >= 0.3 is 0 Å². The summed E-state index contributed by atoms with van der Waals surface area (Å²) >= 11 is 5.47. The highest BCUT2D eigenvalue weighted by Crippen LogP contribution is 2.27. The van der Waals surface area contributed by atoms with Crippen molar-refractivity contribution in [2.45, 2.75) is 45.6 Å². The van der Waals surface area contributed by atoms with Crippen LogP contribution in [0, 0.1) is 11.7 Å². The van der Waals surface area contributed by atoms with E-state index >= 15 is 0 Å². The lowest BCUT2D eigenvalue weighted by Crippen LogP contribution is -2.35. The first-order chi connectivity index (χ1) is 15.1. The van der Waals surface area contributed by atoms with Gasteiger partial charge in [0, 0.05) is 38.8 Å². The highest BCUT2D eigenvalue weighted by molar-refractivity contribution is 7.80. The molecule has 1 aromatic heterocycles. The molecule has 4 rings (SSSR count). The fourth-order valence-corrected chi connectivity index (χ4v) is 4.26. The van der Waals surface area contributed by atoms with Gasteiger partial charge in [0.2, 0.25) is 5.95 Å². The number of nitrogens with zero attached hydrogens (tertiary/aromatic N) is 4. The van der Waals surface area contributed by atoms with Crippen LogP contribution in [0.3, 0.4) is 0 Å². The summed E-state index contributed by atoms with van der Waals surface area (Å²) in [5, 5.41) is 6.78. The Morgan fingerprint density at radius 2 is 1.61 bits per heavy atom. The summed E-state index contributed by atoms with van der Waals surface area (Å²) in [4.78, 5) is 14.3. The first kappa shape index (κ1) is 21.7. The molecule has 2 aromatic rings. The van der Waals surface area contributed by atoms with E-state index in [1.54, 1.807) is 12.1 Å². The van der Waals surface area contributed by atoms with E-state index in [0.29, 0.717) is 17.6 Å². The minimum atomic E-state index is -0.244. The number of anilines is 3. The van der Waals surface area contributed by atoms with E-state index < -0.39 is 0 Å². The second-order valence-electron chi connectivity index (χ2n) is 8.56. The van der Waals surface area contributed by atoms with Gasteiger partial charge in [-0.2, -0.15) is 9.97 Å². The van der Waals surface area contributed by atoms with E-state index in [9.17, 15) is 4.39 Å². The molecule has 0 amide bonds. The molecule has 0 bridgehead atoms. The lowest BCUT2D eigenvalue weighted by molar-refractivity contribution is 0.436. The summed E-state index contributed by atoms with van der Waals surface area (Å²) in [5.41, 5.74) is 0.955. The molecule has 0 spiro atoms. The number of benzene rings is 1. The molecule has 31 heavy (non-hydrogen) atoms. The summed E-state index contributed by atoms with van der Waals surface area (Å²) in [7, 11) is 0. The second kappa shape index (κ2) is 10.2. The highest BCUT2D eigenvalue weighted by atomic mass is 32.1. The Balaban J connectivity index is 1.47. The van der Waals surface area contributed by atoms with Crippen molar-refractivity contribution in [1.82, 2.24) is 15.3 Å². The quantitative estimate of drug-likeness (QED) is 0.669. The van der Waals surface area contributed by atoms with Crippen molar-refractivity contribution in [3.8, 4) is 0 Å². The van der Waals surface area contributed by atoms with Crippen molar-refractivity contribution in [2.24, 2.45) is 5.92 Å². The van der Waals surface area contributed by atoms with Gasteiger partial charge in [-0.25, -0.2) is 4.39 Å². The van der Waals surface area contributed by atoms with Crippen molar-refractivity contribution >= 4 is 34.9 Å². The number of nitrogens with one attached hydrogen (secondary N) is 2. The molecule has 166 valence electrons. The van der Waals surface area contributed by atoms with E-state index in [1.807, 2.05) is 0 Å². The molecule has 2 aliphatic rings. The second-order valence-corrected chi connectivity index (χ2v) is 8.97. The van der Waals surface area contributed by atoms with Crippen LogP contribution in [0.1, 0.15) is 44.6 Å². The van der Waals surface area contributed by atoms with E-state index in [4.69, 9.17) is 22.2 Å². The zero-order valence-corrected chi connectivity index (χ0v) is 18.9. The predicted octanol–water partition coefficient (Wildman–Crippen LogP) is 4.33. The fourth-order valence-electron chi connectivity index (χ4n) is 4.09. The Morgan fingerprint density at radius 1 is 1.00 bits per heavy atom. The smallest absolute Gasteiger partial charge is 0.232 e. The van der Waals surface area contributed by atoms with Crippen molar-refractivity contribution in [1.29, 1.82) is 0 Å². The summed E-state index contributed by atoms with van der Waals surface area (Å²) in [5.74, 6) is 2.97. The van der Waals surface area contributed by atoms with Crippen LogP contribution in [0.5, 0.6) is 0 Å². The van der Waals surface area contributed by atoms with Gasteiger partial charge in [-0.15, -0.1) is 0 Å². The van der Waals surface area contributed by atoms with Crippen LogP contribution in [0.4, 0.5) is 22.0 Å². The molecule has 0 radical (unpaired) electrons. The average molecular weight is 443 g/mol. The Hall–Kier alpha value is -2.48. The predicted molar refractivity (Wildman–Crippen MR) is 128 cm³/mol. The summed E-state index contributed by atoms with van der Waals surface area (Å²) in [6.45, 7) is 6.92. The molecule has 0 atom stereocenters. The number of thiocarbonyl (C=S) groups is 1. The standard InChI is InChI=1S/C23H31FN6S/c1-17-9-13-30(14-10-17)21-15-20(29-11-3-2-4-12-29)26-22(27-21)28-23(31)25-16-18-5-7-19(24)8-6-18/h5-8,15,17H,2-4,9-14,16H2,1H3,(H2,25,26,27,28,31). The third-order valence-electron chi connectivity index (χ3n) is 6.08. The SMILES string of the molecule is CC1CCN(c2cc(N3CCCCC3)nc(NC(=S)NCc3ccc(F)cc3)n2)CC1. The fraction of sp³-hybridized carbons (Fsp3) is 0.522. The monoisotopic (exact) mass is 442 g/mol. The molecule has 0 aliphatic carbocycles. The van der Waals surface area contributed by atoms with Gasteiger partial charge in [0.25, 0.3) is 0 Å². The number of rotatable bonds is 5. The van der Waals surface area contributed by atoms with Gasteiger partial charge in [-0.1, -0.05) is 19.1 Å². The topological polar surface area (TPSA) is 56.3 Å². The van der Waals surface area contributed by atoms with Crippen molar-refractivity contribution < 1.29 is 4.39 Å². The van der Waals surface area contributed by atoms with Crippen molar-refractivity contribution in [3.05, 3.63) is 41.7 Å². The normalized spacial score (nSPS) is 17.5. The summed E-state index contributed by atoms with van der Waals surface area (Å²) in [6.07, 6.45) is 6.04. The van der Waals surface area contributed by atoms with Crippen LogP contribution < -0.4 is 20.4 Å². The van der Waals surface area contributed by atoms with Gasteiger partial charge in [-0.3, -0.25) is 0 Å². The van der Waals surface area contributed by atoms with Gasteiger partial charge in [0.05, 0.1) is 0 Å². The third-order valence-corrected chi connectivity index (χ3v) is 6.32. The van der Waals surface area contributed by atoms with Gasteiger partial charge in [-0.05, 0) is 67.9 Å². The molecule has 2 aliphatic heterocycles. The molecular formula is C23H31FN6S. The first-order valence-electron chi connectivity index (χ1n) is 11.2. The maximum atomic E-state index is 13.1. The number of hydrogen-bond acceptors (Lipinski definition) is 5. The Labute approximate surface area is 189 Å². The van der Waals surface area contributed by atoms with E-state index in [0.717, 1.165) is 49.3 Å². The minimum absolute atomic E-state index is 0.244. The molecule has 0 saturated carbocycles. The molecular weight excluding hydrogens is 411 g/mol. The number of aromatic nitrogens is 2. The van der Waals surface area contributed by atoms with Crippen molar-refractivity contribution in [3.63, 3.8) is 0 Å². The molecule has 0 unspecified atom stereocenters. The molecule has 2 saturated heterocycles. The largest absolute Gasteiger partial charge is 0.358 e.